The lowest BCUT2D eigenvalue weighted by Gasteiger charge is -2.01. The van der Waals surface area contributed by atoms with Gasteiger partial charge in [0, 0.05) is 13.1 Å². The third kappa shape index (κ3) is 2.27. The monoisotopic (exact) mass is 229 g/mol. The van der Waals surface area contributed by atoms with Crippen molar-refractivity contribution in [3.63, 3.8) is 0 Å². The normalized spacial score (nSPS) is 9.58. The van der Waals surface area contributed by atoms with Crippen LogP contribution in [0.25, 0.3) is 0 Å². The lowest BCUT2D eigenvalue weighted by molar-refractivity contribution is -0.114. The van der Waals surface area contributed by atoms with Crippen molar-refractivity contribution in [3.8, 4) is 0 Å². The summed E-state index contributed by atoms with van der Waals surface area (Å²) < 4.78 is 0.830. The fourth-order valence-electron chi connectivity index (χ4n) is 0.670. The minimum atomic E-state index is -0.170. The van der Waals surface area contributed by atoms with Crippen molar-refractivity contribution >= 4 is 27.8 Å². The number of aromatic nitrogens is 2. The van der Waals surface area contributed by atoms with Crippen molar-refractivity contribution in [2.45, 2.75) is 13.8 Å². The maximum atomic E-state index is 10.6. The Morgan fingerprint density at radius 3 is 2.83 bits per heavy atom. The van der Waals surface area contributed by atoms with Crippen LogP contribution in [-0.4, -0.2) is 15.9 Å². The molecule has 0 aliphatic heterocycles. The Morgan fingerprint density at radius 2 is 2.33 bits per heavy atom. The number of anilines is 1. The fraction of sp³-hybridized carbons (Fsp3) is 0.286. The summed E-state index contributed by atoms with van der Waals surface area (Å²) >= 11 is 3.26. The largest absolute Gasteiger partial charge is 0.295 e. The Balaban J connectivity index is 2.89. The Morgan fingerprint density at radius 1 is 1.67 bits per heavy atom. The summed E-state index contributed by atoms with van der Waals surface area (Å²) in [4.78, 5) is 18.5. The van der Waals surface area contributed by atoms with E-state index in [0.29, 0.717) is 5.95 Å². The standard InChI is InChI=1S/C7H8BrN3O/c1-4-6(8)3-9-7(10-4)11-5(2)12/h3H,1-2H3,(H,9,10,11,12). The van der Waals surface area contributed by atoms with Gasteiger partial charge in [-0.25, -0.2) is 9.97 Å². The Bertz CT molecular complexity index is 314. The molecule has 1 amide bonds. The van der Waals surface area contributed by atoms with Gasteiger partial charge in [-0.2, -0.15) is 0 Å². The number of nitrogens with one attached hydrogen (secondary N) is 1. The highest BCUT2D eigenvalue weighted by atomic mass is 79.9. The third-order valence-corrected chi connectivity index (χ3v) is 1.99. The van der Waals surface area contributed by atoms with E-state index in [1.807, 2.05) is 6.92 Å². The smallest absolute Gasteiger partial charge is 0.229 e. The lowest BCUT2D eigenvalue weighted by atomic mass is 10.5. The predicted molar refractivity (Wildman–Crippen MR) is 48.8 cm³/mol. The van der Waals surface area contributed by atoms with Gasteiger partial charge in [-0.3, -0.25) is 10.1 Å². The summed E-state index contributed by atoms with van der Waals surface area (Å²) in [6, 6.07) is 0. The molecule has 0 aliphatic carbocycles. The van der Waals surface area contributed by atoms with Crippen molar-refractivity contribution < 1.29 is 4.79 Å². The van der Waals surface area contributed by atoms with E-state index in [4.69, 9.17) is 0 Å². The molecule has 0 aromatic carbocycles. The van der Waals surface area contributed by atoms with Gasteiger partial charge in [0.15, 0.2) is 0 Å². The fourth-order valence-corrected chi connectivity index (χ4v) is 0.861. The van der Waals surface area contributed by atoms with Gasteiger partial charge in [0.1, 0.15) is 0 Å². The molecule has 5 heteroatoms. The number of amides is 1. The number of halogens is 1. The van der Waals surface area contributed by atoms with E-state index < -0.39 is 0 Å². The second-order valence-electron chi connectivity index (χ2n) is 2.31. The van der Waals surface area contributed by atoms with Crippen LogP contribution in [0.4, 0.5) is 5.95 Å². The first-order valence-corrected chi connectivity index (χ1v) is 4.15. The molecular formula is C7H8BrN3O. The van der Waals surface area contributed by atoms with Crippen LogP contribution in [0.5, 0.6) is 0 Å². The predicted octanol–water partition coefficient (Wildman–Crippen LogP) is 1.51. The lowest BCUT2D eigenvalue weighted by Crippen LogP contribution is -2.09. The first-order valence-electron chi connectivity index (χ1n) is 3.36. The van der Waals surface area contributed by atoms with E-state index in [0.717, 1.165) is 10.2 Å². The third-order valence-electron chi connectivity index (χ3n) is 1.21. The van der Waals surface area contributed by atoms with Crippen LogP contribution in [-0.2, 0) is 4.79 Å². The van der Waals surface area contributed by atoms with E-state index in [1.54, 1.807) is 6.20 Å². The van der Waals surface area contributed by atoms with Crippen molar-refractivity contribution in [3.05, 3.63) is 16.4 Å². The Hall–Kier alpha value is -0.970. The zero-order chi connectivity index (χ0) is 9.14. The van der Waals surface area contributed by atoms with Gasteiger partial charge in [0.05, 0.1) is 10.2 Å². The van der Waals surface area contributed by atoms with Crippen molar-refractivity contribution in [2.24, 2.45) is 0 Å². The molecule has 0 spiro atoms. The second-order valence-corrected chi connectivity index (χ2v) is 3.16. The highest BCUT2D eigenvalue weighted by Gasteiger charge is 2.00. The summed E-state index contributed by atoms with van der Waals surface area (Å²) in [7, 11) is 0. The molecule has 0 saturated carbocycles. The molecule has 0 aliphatic rings. The summed E-state index contributed by atoms with van der Waals surface area (Å²) in [5, 5.41) is 2.49. The number of nitrogens with zero attached hydrogens (tertiary/aromatic N) is 2. The van der Waals surface area contributed by atoms with Crippen LogP contribution < -0.4 is 5.32 Å². The van der Waals surface area contributed by atoms with Gasteiger partial charge in [0.2, 0.25) is 11.9 Å². The second kappa shape index (κ2) is 3.62. The highest BCUT2D eigenvalue weighted by Crippen LogP contribution is 2.12. The number of aryl methyl sites for hydroxylation is 1. The van der Waals surface area contributed by atoms with Crippen LogP contribution in [0.2, 0.25) is 0 Å². The molecule has 0 bridgehead atoms. The summed E-state index contributed by atoms with van der Waals surface area (Å²) in [5.74, 6) is 0.167. The van der Waals surface area contributed by atoms with E-state index >= 15 is 0 Å². The molecule has 1 N–H and O–H groups in total. The van der Waals surface area contributed by atoms with E-state index in [2.05, 4.69) is 31.2 Å². The van der Waals surface area contributed by atoms with E-state index in [1.165, 1.54) is 6.92 Å². The average molecular weight is 230 g/mol. The van der Waals surface area contributed by atoms with E-state index in [-0.39, 0.29) is 5.91 Å². The summed E-state index contributed by atoms with van der Waals surface area (Å²) in [5.41, 5.74) is 0.800. The molecular weight excluding hydrogens is 222 g/mol. The number of carbonyl (C=O) groups is 1. The number of carbonyl (C=O) groups excluding carboxylic acids is 1. The Kier molecular flexibility index (Phi) is 2.75. The topological polar surface area (TPSA) is 54.9 Å². The molecule has 4 nitrogen and oxygen atoms in total. The minimum absolute atomic E-state index is 0.170. The van der Waals surface area contributed by atoms with Gasteiger partial charge in [-0.05, 0) is 22.9 Å². The molecule has 1 rings (SSSR count). The van der Waals surface area contributed by atoms with Gasteiger partial charge in [-0.15, -0.1) is 0 Å². The maximum Gasteiger partial charge on any atom is 0.229 e. The van der Waals surface area contributed by atoms with Gasteiger partial charge in [-0.1, -0.05) is 0 Å². The molecule has 0 saturated heterocycles. The number of hydrogen-bond donors (Lipinski definition) is 1. The number of rotatable bonds is 1. The highest BCUT2D eigenvalue weighted by molar-refractivity contribution is 9.10. The Labute approximate surface area is 78.5 Å². The zero-order valence-electron chi connectivity index (χ0n) is 6.76. The summed E-state index contributed by atoms with van der Waals surface area (Å²) in [6.07, 6.45) is 1.60. The molecule has 1 heterocycles. The average Bonchev–Trinajstić information content (AvgIpc) is 1.96. The molecule has 12 heavy (non-hydrogen) atoms. The van der Waals surface area contributed by atoms with Crippen LogP contribution >= 0.6 is 15.9 Å². The van der Waals surface area contributed by atoms with Gasteiger partial charge < -0.3 is 0 Å². The molecule has 1 aromatic rings. The molecule has 64 valence electrons. The molecule has 0 atom stereocenters. The summed E-state index contributed by atoms with van der Waals surface area (Å²) in [6.45, 7) is 3.25. The quantitative estimate of drug-likeness (QED) is 0.795. The van der Waals surface area contributed by atoms with Crippen LogP contribution in [0, 0.1) is 6.92 Å². The molecule has 0 unspecified atom stereocenters. The van der Waals surface area contributed by atoms with Gasteiger partial charge >= 0.3 is 0 Å². The van der Waals surface area contributed by atoms with Crippen molar-refractivity contribution in [2.75, 3.05) is 5.32 Å². The van der Waals surface area contributed by atoms with Crippen molar-refractivity contribution in [1.29, 1.82) is 0 Å². The SMILES string of the molecule is CC(=O)Nc1ncc(Br)c(C)n1. The van der Waals surface area contributed by atoms with Gasteiger partial charge in [0.25, 0.3) is 0 Å². The number of hydrogen-bond acceptors (Lipinski definition) is 3. The van der Waals surface area contributed by atoms with Crippen LogP contribution in [0.1, 0.15) is 12.6 Å². The molecule has 0 fully saturated rings. The molecule has 0 radical (unpaired) electrons. The van der Waals surface area contributed by atoms with Crippen molar-refractivity contribution in [1.82, 2.24) is 9.97 Å². The maximum absolute atomic E-state index is 10.6. The van der Waals surface area contributed by atoms with E-state index in [9.17, 15) is 4.79 Å². The van der Waals surface area contributed by atoms with Crippen LogP contribution in [0.15, 0.2) is 10.7 Å². The van der Waals surface area contributed by atoms with Crippen LogP contribution in [0.3, 0.4) is 0 Å². The minimum Gasteiger partial charge on any atom is -0.295 e. The first kappa shape index (κ1) is 9.12. The zero-order valence-corrected chi connectivity index (χ0v) is 8.34. The first-order chi connectivity index (χ1) is 5.59. The molecule has 1 aromatic heterocycles.